The number of aromatic nitrogens is 4. The van der Waals surface area contributed by atoms with Crippen LogP contribution in [-0.4, -0.2) is 33.0 Å². The Morgan fingerprint density at radius 3 is 2.57 bits per heavy atom. The first-order valence-electron chi connectivity index (χ1n) is 9.59. The molecule has 0 atom stereocenters. The van der Waals surface area contributed by atoms with E-state index in [1.54, 1.807) is 43.8 Å². The van der Waals surface area contributed by atoms with Gasteiger partial charge in [-0.2, -0.15) is 15.5 Å². The lowest BCUT2D eigenvalue weighted by molar-refractivity contribution is -0.116. The summed E-state index contributed by atoms with van der Waals surface area (Å²) in [5.74, 6) is 0.885. The summed E-state index contributed by atoms with van der Waals surface area (Å²) < 4.78 is 6.60. The number of ether oxygens (including phenoxy) is 1. The van der Waals surface area contributed by atoms with Crippen molar-refractivity contribution in [2.75, 3.05) is 17.7 Å². The lowest BCUT2D eigenvalue weighted by Crippen LogP contribution is -2.18. The first kappa shape index (κ1) is 20.8. The number of nitriles is 1. The summed E-state index contributed by atoms with van der Waals surface area (Å²) in [7, 11) is 1.59. The molecule has 0 radical (unpaired) electrons. The van der Waals surface area contributed by atoms with Crippen molar-refractivity contribution in [2.45, 2.75) is 33.2 Å². The molecule has 0 aliphatic heterocycles. The molecule has 1 aromatic carbocycles. The number of hydrogen-bond acceptors (Lipinski definition) is 7. The van der Waals surface area contributed by atoms with E-state index in [2.05, 4.69) is 32.0 Å². The van der Waals surface area contributed by atoms with E-state index in [0.717, 1.165) is 11.3 Å². The maximum atomic E-state index is 12.3. The lowest BCUT2D eigenvalue weighted by atomic mass is 10.0. The number of benzene rings is 1. The van der Waals surface area contributed by atoms with Gasteiger partial charge in [0.25, 0.3) is 0 Å². The molecule has 2 N–H and O–H groups in total. The Labute approximate surface area is 174 Å². The van der Waals surface area contributed by atoms with Crippen LogP contribution in [0.3, 0.4) is 0 Å². The second-order valence-corrected chi connectivity index (χ2v) is 6.50. The number of nitrogens with one attached hydrogen (secondary N) is 2. The molecule has 0 saturated carbocycles. The van der Waals surface area contributed by atoms with Gasteiger partial charge in [0.15, 0.2) is 5.82 Å². The lowest BCUT2D eigenvalue weighted by Gasteiger charge is -2.10. The van der Waals surface area contributed by atoms with E-state index >= 15 is 0 Å². The smallest absolute Gasteiger partial charge is 0.246 e. The molecule has 2 heterocycles. The van der Waals surface area contributed by atoms with Crippen molar-refractivity contribution in [3.8, 4) is 11.8 Å². The van der Waals surface area contributed by atoms with Gasteiger partial charge in [0.2, 0.25) is 5.91 Å². The van der Waals surface area contributed by atoms with Gasteiger partial charge in [0.05, 0.1) is 24.7 Å². The number of amides is 1. The molecule has 0 aliphatic rings. The Balaban J connectivity index is 1.68. The van der Waals surface area contributed by atoms with Crippen molar-refractivity contribution in [1.29, 1.82) is 5.26 Å². The number of rotatable bonds is 8. The molecule has 30 heavy (non-hydrogen) atoms. The van der Waals surface area contributed by atoms with Gasteiger partial charge in [-0.3, -0.25) is 9.48 Å². The van der Waals surface area contributed by atoms with E-state index in [9.17, 15) is 10.1 Å². The van der Waals surface area contributed by atoms with E-state index < -0.39 is 0 Å². The molecule has 1 amide bonds. The number of carbonyl (C=O) groups is 1. The minimum absolute atomic E-state index is 0.0411. The maximum Gasteiger partial charge on any atom is 0.246 e. The SMILES string of the molecule is CCc1nnc(Nc2cnn(CC(=O)Nc3ccc(OC)cc3)c2)c(C#N)c1CC. The van der Waals surface area contributed by atoms with Crippen molar-refractivity contribution < 1.29 is 9.53 Å². The van der Waals surface area contributed by atoms with Gasteiger partial charge < -0.3 is 15.4 Å². The first-order valence-corrected chi connectivity index (χ1v) is 9.59. The summed E-state index contributed by atoms with van der Waals surface area (Å²) in [6.07, 6.45) is 4.66. The third-order valence-electron chi connectivity index (χ3n) is 4.53. The highest BCUT2D eigenvalue weighted by atomic mass is 16.5. The molecule has 3 rings (SSSR count). The van der Waals surface area contributed by atoms with Gasteiger partial charge in [-0.15, -0.1) is 5.10 Å². The van der Waals surface area contributed by atoms with E-state index in [4.69, 9.17) is 4.74 Å². The number of carbonyl (C=O) groups excluding carboxylic acids is 1. The highest BCUT2D eigenvalue weighted by Gasteiger charge is 2.15. The summed E-state index contributed by atoms with van der Waals surface area (Å²) in [6.45, 7) is 4.01. The van der Waals surface area contributed by atoms with Gasteiger partial charge in [0.1, 0.15) is 23.9 Å². The van der Waals surface area contributed by atoms with Crippen LogP contribution in [0.25, 0.3) is 0 Å². The molecule has 0 spiro atoms. The highest BCUT2D eigenvalue weighted by Crippen LogP contribution is 2.23. The molecule has 154 valence electrons. The second kappa shape index (κ2) is 9.52. The number of aryl methyl sites for hydroxylation is 1. The van der Waals surface area contributed by atoms with Crippen LogP contribution in [-0.2, 0) is 24.2 Å². The Morgan fingerprint density at radius 1 is 1.17 bits per heavy atom. The average molecular weight is 405 g/mol. The molecule has 0 bridgehead atoms. The van der Waals surface area contributed by atoms with Crippen LogP contribution in [0.15, 0.2) is 36.7 Å². The predicted octanol–water partition coefficient (Wildman–Crippen LogP) is 3.06. The van der Waals surface area contributed by atoms with Crippen LogP contribution in [0.4, 0.5) is 17.2 Å². The van der Waals surface area contributed by atoms with Gasteiger partial charge in [-0.05, 0) is 42.7 Å². The molecule has 3 aromatic rings. The summed E-state index contributed by atoms with van der Waals surface area (Å²) >= 11 is 0. The third-order valence-corrected chi connectivity index (χ3v) is 4.53. The predicted molar refractivity (Wildman–Crippen MR) is 113 cm³/mol. The van der Waals surface area contributed by atoms with Crippen LogP contribution in [0.5, 0.6) is 5.75 Å². The van der Waals surface area contributed by atoms with Crippen molar-refractivity contribution in [3.63, 3.8) is 0 Å². The normalized spacial score (nSPS) is 10.3. The first-order chi connectivity index (χ1) is 14.6. The topological polar surface area (TPSA) is 118 Å². The van der Waals surface area contributed by atoms with Gasteiger partial charge in [-0.1, -0.05) is 13.8 Å². The summed E-state index contributed by atoms with van der Waals surface area (Å²) in [5, 5.41) is 28.0. The molecule has 0 saturated heterocycles. The zero-order chi connectivity index (χ0) is 21.5. The molecular weight excluding hydrogens is 382 g/mol. The molecule has 0 aliphatic carbocycles. The molecule has 9 heteroatoms. The number of nitrogens with zero attached hydrogens (tertiary/aromatic N) is 5. The Kier molecular flexibility index (Phi) is 6.60. The van der Waals surface area contributed by atoms with Crippen LogP contribution in [0, 0.1) is 11.3 Å². The molecule has 0 unspecified atom stereocenters. The zero-order valence-corrected chi connectivity index (χ0v) is 17.1. The molecular formula is C21H23N7O2. The van der Waals surface area contributed by atoms with E-state index in [1.165, 1.54) is 4.68 Å². The Hall–Kier alpha value is -3.93. The fraction of sp³-hybridized carbons (Fsp3) is 0.286. The highest BCUT2D eigenvalue weighted by molar-refractivity contribution is 5.90. The standard InChI is InChI=1S/C21H23N7O2/c1-4-17-18(10-22)21(27-26-19(17)5-2)25-15-11-23-28(12-15)13-20(29)24-14-6-8-16(30-3)9-7-14/h6-9,11-12H,4-5,13H2,1-3H3,(H,24,29)(H,25,27). The largest absolute Gasteiger partial charge is 0.497 e. The summed E-state index contributed by atoms with van der Waals surface area (Å²) in [4.78, 5) is 12.3. The molecule has 9 nitrogen and oxygen atoms in total. The Morgan fingerprint density at radius 2 is 1.93 bits per heavy atom. The maximum absolute atomic E-state index is 12.3. The molecule has 0 fully saturated rings. The zero-order valence-electron chi connectivity index (χ0n) is 17.1. The van der Waals surface area contributed by atoms with Crippen molar-refractivity contribution in [1.82, 2.24) is 20.0 Å². The van der Waals surface area contributed by atoms with Crippen molar-refractivity contribution in [3.05, 3.63) is 53.5 Å². The van der Waals surface area contributed by atoms with Crippen molar-refractivity contribution in [2.24, 2.45) is 0 Å². The molecule has 2 aromatic heterocycles. The minimum atomic E-state index is -0.215. The minimum Gasteiger partial charge on any atom is -0.497 e. The van der Waals surface area contributed by atoms with Gasteiger partial charge >= 0.3 is 0 Å². The average Bonchev–Trinajstić information content (AvgIpc) is 3.20. The van der Waals surface area contributed by atoms with Crippen LogP contribution in [0.1, 0.15) is 30.7 Å². The number of anilines is 3. The van der Waals surface area contributed by atoms with Crippen LogP contribution >= 0.6 is 0 Å². The van der Waals surface area contributed by atoms with E-state index in [1.807, 2.05) is 13.8 Å². The monoisotopic (exact) mass is 405 g/mol. The fourth-order valence-electron chi connectivity index (χ4n) is 3.05. The summed E-state index contributed by atoms with van der Waals surface area (Å²) in [5.41, 5.74) is 3.48. The van der Waals surface area contributed by atoms with Gasteiger partial charge in [-0.25, -0.2) is 0 Å². The fourth-order valence-corrected chi connectivity index (χ4v) is 3.05. The van der Waals surface area contributed by atoms with Crippen LogP contribution in [0.2, 0.25) is 0 Å². The van der Waals surface area contributed by atoms with Gasteiger partial charge in [0, 0.05) is 11.9 Å². The summed E-state index contributed by atoms with van der Waals surface area (Å²) in [6, 6.07) is 9.29. The van der Waals surface area contributed by atoms with E-state index in [0.29, 0.717) is 41.3 Å². The second-order valence-electron chi connectivity index (χ2n) is 6.50. The van der Waals surface area contributed by atoms with E-state index in [-0.39, 0.29) is 12.5 Å². The quantitative estimate of drug-likeness (QED) is 0.591. The Bertz CT molecular complexity index is 1070. The number of hydrogen-bond donors (Lipinski definition) is 2. The van der Waals surface area contributed by atoms with Crippen molar-refractivity contribution >= 4 is 23.1 Å². The van der Waals surface area contributed by atoms with Crippen LogP contribution < -0.4 is 15.4 Å². The third kappa shape index (κ3) is 4.72. The number of methoxy groups -OCH3 is 1.